The van der Waals surface area contributed by atoms with Gasteiger partial charge in [-0.25, -0.2) is 29.0 Å². The van der Waals surface area contributed by atoms with E-state index in [0.717, 1.165) is 84.7 Å². The standard InChI is InChI=1S/C40H42N10O6S/c1-57(55,56)45-26-8-6-24(7-9-26)14-17-41-50-35-29-4-2-3-5-31(29)42-39(44-35)46-21-25(22-46)34-40(15-18-47(50)19-16-40)23-48(34)27-10-11-28-30(20-27)38(54)49(37(28)53)32-12-13-33(51)43-36(32)52/h2-11,20,25,32,34,41,45H,12-19,21-23H2,1H3,(H,43,51,52). The molecule has 1 spiro atoms. The summed E-state index contributed by atoms with van der Waals surface area (Å²) < 4.78 is 25.9. The molecular weight excluding hydrogens is 749 g/mol. The summed E-state index contributed by atoms with van der Waals surface area (Å²) in [5.41, 5.74) is 7.65. The van der Waals surface area contributed by atoms with Crippen molar-refractivity contribution in [2.45, 2.75) is 44.2 Å². The fraction of sp³-hybridized carbons (Fsp3) is 0.400. The van der Waals surface area contributed by atoms with Crippen LogP contribution >= 0.6 is 0 Å². The number of benzene rings is 3. The summed E-state index contributed by atoms with van der Waals surface area (Å²) in [6.07, 6.45) is 3.94. The minimum absolute atomic E-state index is 0.0497. The van der Waals surface area contributed by atoms with Crippen LogP contribution in [0.4, 0.5) is 23.1 Å². The van der Waals surface area contributed by atoms with E-state index >= 15 is 0 Å². The molecule has 2 unspecified atom stereocenters. The zero-order valence-corrected chi connectivity index (χ0v) is 32.2. The third-order valence-corrected chi connectivity index (χ3v) is 13.2. The van der Waals surface area contributed by atoms with Crippen molar-refractivity contribution >= 4 is 67.7 Å². The number of hydrogen-bond acceptors (Lipinski definition) is 13. The van der Waals surface area contributed by atoms with Crippen molar-refractivity contribution in [3.63, 3.8) is 0 Å². The number of aromatic nitrogens is 2. The Bertz CT molecular complexity index is 2470. The fourth-order valence-corrected chi connectivity index (χ4v) is 10.3. The van der Waals surface area contributed by atoms with Crippen LogP contribution in [0.15, 0.2) is 66.7 Å². The number of rotatable bonds is 8. The number of fused-ring (bicyclic) bond motifs is 2. The molecule has 9 aliphatic rings. The van der Waals surface area contributed by atoms with Crippen molar-refractivity contribution in [2.75, 3.05) is 65.2 Å². The largest absolute Gasteiger partial charge is 0.367 e. The van der Waals surface area contributed by atoms with Gasteiger partial charge in [-0.3, -0.25) is 34.1 Å². The number of carbonyl (C=O) groups is 4. The SMILES string of the molecule is CS(=O)(=O)Nc1ccc(CCNN2c3nc(nc4ccccc34)N3CC(C3)C3N(c4ccc5c(c4)C(=O)N(C4CCC(=O)NC4=O)C5=O)CC34CCN2CC4)cc1. The maximum Gasteiger partial charge on any atom is 0.262 e. The summed E-state index contributed by atoms with van der Waals surface area (Å²) in [7, 11) is -3.36. The third kappa shape index (κ3) is 6.06. The second kappa shape index (κ2) is 13.2. The van der Waals surface area contributed by atoms with Gasteiger partial charge in [0.05, 0.1) is 22.9 Å². The Labute approximate surface area is 329 Å². The highest BCUT2D eigenvalue weighted by atomic mass is 32.2. The molecule has 294 valence electrons. The van der Waals surface area contributed by atoms with Crippen LogP contribution < -0.4 is 30.4 Å². The normalized spacial score (nSPS) is 26.6. The Morgan fingerprint density at radius 3 is 2.42 bits per heavy atom. The number of nitrogens with zero attached hydrogens (tertiary/aromatic N) is 7. The molecule has 10 heterocycles. The van der Waals surface area contributed by atoms with E-state index in [1.165, 1.54) is 0 Å². The van der Waals surface area contributed by atoms with Gasteiger partial charge in [-0.1, -0.05) is 24.3 Å². The van der Waals surface area contributed by atoms with Crippen molar-refractivity contribution in [3.8, 4) is 0 Å². The summed E-state index contributed by atoms with van der Waals surface area (Å²) in [5, 5.41) is 7.68. The number of amides is 4. The van der Waals surface area contributed by atoms with Crippen molar-refractivity contribution in [1.29, 1.82) is 0 Å². The topological polar surface area (TPSA) is 180 Å². The van der Waals surface area contributed by atoms with Crippen LogP contribution in [0.3, 0.4) is 0 Å². The minimum atomic E-state index is -3.36. The quantitative estimate of drug-likeness (QED) is 0.222. The number of nitrogens with one attached hydrogen (secondary N) is 3. The smallest absolute Gasteiger partial charge is 0.262 e. The Balaban J connectivity index is 0.918. The van der Waals surface area contributed by atoms with Crippen molar-refractivity contribution in [1.82, 2.24) is 30.6 Å². The molecule has 4 saturated heterocycles. The van der Waals surface area contributed by atoms with Crippen LogP contribution in [0, 0.1) is 11.3 Å². The van der Waals surface area contributed by atoms with Crippen molar-refractivity contribution in [3.05, 3.63) is 83.4 Å². The van der Waals surface area contributed by atoms with Gasteiger partial charge in [-0.05, 0) is 73.7 Å². The van der Waals surface area contributed by atoms with Crippen LogP contribution in [-0.4, -0.2) is 110 Å². The predicted octanol–water partition coefficient (Wildman–Crippen LogP) is 2.29. The molecule has 57 heavy (non-hydrogen) atoms. The lowest BCUT2D eigenvalue weighted by molar-refractivity contribution is -0.136. The van der Waals surface area contributed by atoms with E-state index in [2.05, 4.69) is 41.5 Å². The van der Waals surface area contributed by atoms with Gasteiger partial charge in [0.2, 0.25) is 27.8 Å². The lowest BCUT2D eigenvalue weighted by Gasteiger charge is -2.66. The summed E-state index contributed by atoms with van der Waals surface area (Å²) in [6, 6.07) is 20.1. The van der Waals surface area contributed by atoms with Gasteiger partial charge in [0.1, 0.15) is 6.04 Å². The molecule has 4 aromatic rings. The number of piperidine rings is 2. The van der Waals surface area contributed by atoms with E-state index in [0.29, 0.717) is 36.1 Å². The van der Waals surface area contributed by atoms with E-state index in [1.54, 1.807) is 18.2 Å². The van der Waals surface area contributed by atoms with Gasteiger partial charge < -0.3 is 9.80 Å². The molecule has 0 radical (unpaired) electrons. The second-order valence-corrected chi connectivity index (χ2v) is 17.9. The summed E-state index contributed by atoms with van der Waals surface area (Å²) in [6.45, 7) is 4.59. The second-order valence-electron chi connectivity index (χ2n) is 16.1. The van der Waals surface area contributed by atoms with Gasteiger partial charge >= 0.3 is 0 Å². The van der Waals surface area contributed by atoms with Crippen LogP contribution in [-0.2, 0) is 26.0 Å². The zero-order chi connectivity index (χ0) is 39.2. The first-order valence-corrected chi connectivity index (χ1v) is 21.3. The number of imide groups is 2. The average molecular weight is 791 g/mol. The van der Waals surface area contributed by atoms with Crippen LogP contribution in [0.1, 0.15) is 52.0 Å². The average Bonchev–Trinajstić information content (AvgIpc) is 3.41. The lowest BCUT2D eigenvalue weighted by Crippen LogP contribution is -2.75. The summed E-state index contributed by atoms with van der Waals surface area (Å²) in [4.78, 5) is 67.5. The molecule has 3 aromatic carbocycles. The summed E-state index contributed by atoms with van der Waals surface area (Å²) in [5.74, 6) is -0.207. The number of carbonyl (C=O) groups excluding carboxylic acids is 4. The first-order chi connectivity index (χ1) is 27.4. The van der Waals surface area contributed by atoms with E-state index in [9.17, 15) is 27.6 Å². The number of para-hydroxylation sites is 1. The number of hydrazine groups is 2. The predicted molar refractivity (Wildman–Crippen MR) is 212 cm³/mol. The Morgan fingerprint density at radius 2 is 1.67 bits per heavy atom. The molecule has 0 saturated carbocycles. The highest BCUT2D eigenvalue weighted by Gasteiger charge is 2.59. The monoisotopic (exact) mass is 790 g/mol. The van der Waals surface area contributed by atoms with Crippen LogP contribution in [0.2, 0.25) is 0 Å². The molecule has 4 fully saturated rings. The minimum Gasteiger partial charge on any atom is -0.367 e. The molecule has 4 amide bonds. The molecule has 2 atom stereocenters. The molecular formula is C40H42N10O6S. The van der Waals surface area contributed by atoms with E-state index < -0.39 is 39.7 Å². The lowest BCUT2D eigenvalue weighted by atomic mass is 9.60. The molecule has 0 aliphatic carbocycles. The van der Waals surface area contributed by atoms with Crippen LogP contribution in [0.25, 0.3) is 10.9 Å². The maximum absolute atomic E-state index is 13.7. The van der Waals surface area contributed by atoms with Crippen molar-refractivity contribution in [2.24, 2.45) is 11.3 Å². The maximum atomic E-state index is 13.7. The number of hydrogen-bond donors (Lipinski definition) is 3. The van der Waals surface area contributed by atoms with Gasteiger partial charge in [0, 0.05) is 79.8 Å². The Morgan fingerprint density at radius 1 is 0.912 bits per heavy atom. The fourth-order valence-electron chi connectivity index (χ4n) is 9.78. The van der Waals surface area contributed by atoms with Crippen molar-refractivity contribution < 1.29 is 27.6 Å². The molecule has 17 heteroatoms. The van der Waals surface area contributed by atoms with E-state index in [1.807, 2.05) is 42.5 Å². The first kappa shape index (κ1) is 35.7. The first-order valence-electron chi connectivity index (χ1n) is 19.4. The van der Waals surface area contributed by atoms with E-state index in [4.69, 9.17) is 9.97 Å². The third-order valence-electron chi connectivity index (χ3n) is 12.6. The summed E-state index contributed by atoms with van der Waals surface area (Å²) >= 11 is 0. The van der Waals surface area contributed by atoms with Gasteiger partial charge in [0.15, 0.2) is 5.82 Å². The number of sulfonamides is 1. The van der Waals surface area contributed by atoms with Gasteiger partial charge in [0.25, 0.3) is 11.8 Å². The zero-order valence-electron chi connectivity index (χ0n) is 31.3. The molecule has 16 nitrogen and oxygen atoms in total. The van der Waals surface area contributed by atoms with Gasteiger partial charge in [-0.15, -0.1) is 0 Å². The highest BCUT2D eigenvalue weighted by Crippen LogP contribution is 2.54. The molecule has 13 rings (SSSR count). The number of anilines is 4. The molecule has 9 aliphatic heterocycles. The Kier molecular flexibility index (Phi) is 8.28. The van der Waals surface area contributed by atoms with E-state index in [-0.39, 0.29) is 29.9 Å². The Hall–Kier alpha value is -5.65. The molecule has 3 N–H and O–H groups in total. The van der Waals surface area contributed by atoms with Crippen LogP contribution in [0.5, 0.6) is 0 Å². The van der Waals surface area contributed by atoms with Gasteiger partial charge in [-0.2, -0.15) is 4.98 Å². The highest BCUT2D eigenvalue weighted by molar-refractivity contribution is 7.92. The molecule has 1 aromatic heterocycles. The molecule has 6 bridgehead atoms.